The van der Waals surface area contributed by atoms with Crippen LogP contribution in [0.1, 0.15) is 35.1 Å². The fourth-order valence-corrected chi connectivity index (χ4v) is 4.89. The highest BCUT2D eigenvalue weighted by Crippen LogP contribution is 2.44. The van der Waals surface area contributed by atoms with E-state index in [4.69, 9.17) is 4.74 Å². The van der Waals surface area contributed by atoms with Crippen LogP contribution >= 0.6 is 11.8 Å². The van der Waals surface area contributed by atoms with Gasteiger partial charge in [0.05, 0.1) is 6.42 Å². The van der Waals surface area contributed by atoms with E-state index in [2.05, 4.69) is 18.2 Å². The van der Waals surface area contributed by atoms with Crippen LogP contribution in [0, 0.1) is 6.92 Å². The van der Waals surface area contributed by atoms with E-state index in [1.165, 1.54) is 22.9 Å². The first-order valence-corrected chi connectivity index (χ1v) is 11.5. The molecule has 1 N–H and O–H groups in total. The number of hydrogen-bond acceptors (Lipinski definition) is 4. The molecule has 158 valence electrons. The number of thioether (sulfide) groups is 1. The van der Waals surface area contributed by atoms with Gasteiger partial charge < -0.3 is 9.84 Å². The van der Waals surface area contributed by atoms with E-state index < -0.39 is 11.6 Å². The molecule has 0 radical (unpaired) electrons. The van der Waals surface area contributed by atoms with Crippen LogP contribution in [0.15, 0.2) is 95.6 Å². The third kappa shape index (κ3) is 5.02. The van der Waals surface area contributed by atoms with Crippen LogP contribution in [-0.2, 0) is 27.3 Å². The minimum absolute atomic E-state index is 0.116. The lowest BCUT2D eigenvalue weighted by Gasteiger charge is -2.37. The highest BCUT2D eigenvalue weighted by atomic mass is 32.2. The monoisotopic (exact) mass is 430 g/mol. The van der Waals surface area contributed by atoms with Crippen LogP contribution in [0.3, 0.4) is 0 Å². The van der Waals surface area contributed by atoms with Gasteiger partial charge in [-0.25, -0.2) is 4.79 Å². The molecule has 0 saturated carbocycles. The molecule has 4 rings (SSSR count). The summed E-state index contributed by atoms with van der Waals surface area (Å²) in [5.41, 5.74) is 3.50. The third-order valence-electron chi connectivity index (χ3n) is 5.61. The second-order valence-corrected chi connectivity index (χ2v) is 8.95. The SMILES string of the molecule is Cc1cccc(CSC2=C(O)CC(CCc3ccccc3)(c3ccccc3)OC2=O)c1. The van der Waals surface area contributed by atoms with Crippen LogP contribution in [0.5, 0.6) is 0 Å². The van der Waals surface area contributed by atoms with Gasteiger partial charge in [0.15, 0.2) is 0 Å². The number of aliphatic hydroxyl groups is 1. The summed E-state index contributed by atoms with van der Waals surface area (Å²) < 4.78 is 6.10. The largest absolute Gasteiger partial charge is 0.511 e. The highest BCUT2D eigenvalue weighted by molar-refractivity contribution is 8.03. The zero-order valence-electron chi connectivity index (χ0n) is 17.6. The Kier molecular flexibility index (Phi) is 6.47. The molecule has 0 fully saturated rings. The number of ether oxygens (including phenoxy) is 1. The van der Waals surface area contributed by atoms with E-state index in [0.717, 1.165) is 17.5 Å². The molecule has 4 heteroatoms. The lowest BCUT2D eigenvalue weighted by Crippen LogP contribution is -2.38. The van der Waals surface area contributed by atoms with Crippen molar-refractivity contribution in [2.75, 3.05) is 0 Å². The first-order valence-electron chi connectivity index (χ1n) is 10.5. The summed E-state index contributed by atoms with van der Waals surface area (Å²) in [6, 6.07) is 28.1. The molecule has 1 aliphatic heterocycles. The first-order chi connectivity index (χ1) is 15.1. The quantitative estimate of drug-likeness (QED) is 0.436. The summed E-state index contributed by atoms with van der Waals surface area (Å²) in [5.74, 6) is 0.280. The average Bonchev–Trinajstić information content (AvgIpc) is 2.78. The molecule has 1 unspecified atom stereocenters. The first kappa shape index (κ1) is 21.3. The minimum Gasteiger partial charge on any atom is -0.511 e. The van der Waals surface area contributed by atoms with Crippen LogP contribution in [0.4, 0.5) is 0 Å². The zero-order valence-corrected chi connectivity index (χ0v) is 18.4. The zero-order chi connectivity index (χ0) is 21.7. The van der Waals surface area contributed by atoms with Crippen molar-refractivity contribution in [2.45, 2.75) is 37.5 Å². The van der Waals surface area contributed by atoms with E-state index >= 15 is 0 Å². The number of benzene rings is 3. The van der Waals surface area contributed by atoms with Crippen LogP contribution < -0.4 is 0 Å². The number of rotatable bonds is 7. The number of carbonyl (C=O) groups is 1. The molecule has 0 aliphatic carbocycles. The van der Waals surface area contributed by atoms with Crippen LogP contribution in [0.2, 0.25) is 0 Å². The summed E-state index contributed by atoms with van der Waals surface area (Å²) in [7, 11) is 0. The molecular weight excluding hydrogens is 404 g/mol. The summed E-state index contributed by atoms with van der Waals surface area (Å²) in [6.45, 7) is 2.04. The van der Waals surface area contributed by atoms with Gasteiger partial charge in [-0.1, -0.05) is 90.5 Å². The third-order valence-corrected chi connectivity index (χ3v) is 6.78. The number of esters is 1. The van der Waals surface area contributed by atoms with Gasteiger partial charge in [-0.05, 0) is 36.5 Å². The highest BCUT2D eigenvalue weighted by Gasteiger charge is 2.43. The molecule has 1 aliphatic rings. The van der Waals surface area contributed by atoms with Gasteiger partial charge >= 0.3 is 5.97 Å². The number of cyclic esters (lactones) is 1. The lowest BCUT2D eigenvalue weighted by atomic mass is 9.82. The molecule has 3 aromatic rings. The van der Waals surface area contributed by atoms with Crippen LogP contribution in [0.25, 0.3) is 0 Å². The fraction of sp³-hybridized carbons (Fsp3) is 0.222. The molecule has 3 aromatic carbocycles. The maximum Gasteiger partial charge on any atom is 0.348 e. The summed E-state index contributed by atoms with van der Waals surface area (Å²) in [4.78, 5) is 13.3. The predicted octanol–water partition coefficient (Wildman–Crippen LogP) is 6.47. The van der Waals surface area contributed by atoms with Gasteiger partial charge in [-0.15, -0.1) is 11.8 Å². The molecule has 0 spiro atoms. The maximum atomic E-state index is 13.0. The van der Waals surface area contributed by atoms with Crippen molar-refractivity contribution in [3.63, 3.8) is 0 Å². The van der Waals surface area contributed by atoms with E-state index in [1.54, 1.807) is 0 Å². The van der Waals surface area contributed by atoms with Crippen molar-refractivity contribution >= 4 is 17.7 Å². The van der Waals surface area contributed by atoms with Crippen molar-refractivity contribution in [2.24, 2.45) is 0 Å². The van der Waals surface area contributed by atoms with Crippen LogP contribution in [-0.4, -0.2) is 11.1 Å². The fourth-order valence-electron chi connectivity index (χ4n) is 4.01. The smallest absolute Gasteiger partial charge is 0.348 e. The molecule has 1 heterocycles. The van der Waals surface area contributed by atoms with Gasteiger partial charge in [-0.2, -0.15) is 0 Å². The molecule has 0 aromatic heterocycles. The Hall–Kier alpha value is -2.98. The second kappa shape index (κ2) is 9.44. The summed E-state index contributed by atoms with van der Waals surface area (Å²) in [6.07, 6.45) is 1.64. The Bertz CT molecular complexity index is 1080. The van der Waals surface area contributed by atoms with E-state index in [1.807, 2.05) is 73.7 Å². The van der Waals surface area contributed by atoms with E-state index in [0.29, 0.717) is 17.1 Å². The Morgan fingerprint density at radius 3 is 2.29 bits per heavy atom. The Labute approximate surface area is 187 Å². The number of aliphatic hydroxyl groups excluding tert-OH is 1. The van der Waals surface area contributed by atoms with Crippen molar-refractivity contribution < 1.29 is 14.6 Å². The molecule has 1 atom stereocenters. The molecule has 0 bridgehead atoms. The van der Waals surface area contributed by atoms with Crippen molar-refractivity contribution in [3.05, 3.63) is 118 Å². The topological polar surface area (TPSA) is 46.5 Å². The maximum absolute atomic E-state index is 13.0. The number of carbonyl (C=O) groups excluding carboxylic acids is 1. The summed E-state index contributed by atoms with van der Waals surface area (Å²) in [5, 5.41) is 10.9. The Morgan fingerprint density at radius 2 is 1.61 bits per heavy atom. The lowest BCUT2D eigenvalue weighted by molar-refractivity contribution is -0.160. The Morgan fingerprint density at radius 1 is 0.935 bits per heavy atom. The standard InChI is InChI=1S/C27H26O3S/c1-20-9-8-12-22(17-20)19-31-25-24(28)18-27(30-26(25)29,23-13-6-3-7-14-23)16-15-21-10-4-2-5-11-21/h2-14,17,28H,15-16,18-19H2,1H3. The van der Waals surface area contributed by atoms with Gasteiger partial charge in [-0.3, -0.25) is 0 Å². The van der Waals surface area contributed by atoms with Gasteiger partial charge in [0, 0.05) is 5.75 Å². The molecule has 0 amide bonds. The molecule has 3 nitrogen and oxygen atoms in total. The van der Waals surface area contributed by atoms with Gasteiger partial charge in [0.2, 0.25) is 0 Å². The average molecular weight is 431 g/mol. The van der Waals surface area contributed by atoms with Gasteiger partial charge in [0.1, 0.15) is 16.3 Å². The van der Waals surface area contributed by atoms with E-state index in [9.17, 15) is 9.90 Å². The Balaban J connectivity index is 1.58. The predicted molar refractivity (Wildman–Crippen MR) is 126 cm³/mol. The minimum atomic E-state index is -0.869. The molecule has 0 saturated heterocycles. The normalized spacial score (nSPS) is 18.7. The number of hydrogen-bond donors (Lipinski definition) is 1. The molecule has 31 heavy (non-hydrogen) atoms. The van der Waals surface area contributed by atoms with E-state index in [-0.39, 0.29) is 12.2 Å². The van der Waals surface area contributed by atoms with Gasteiger partial charge in [0.25, 0.3) is 0 Å². The second-order valence-electron chi connectivity index (χ2n) is 7.97. The van der Waals surface area contributed by atoms with Crippen molar-refractivity contribution in [1.82, 2.24) is 0 Å². The number of aryl methyl sites for hydroxylation is 2. The summed E-state index contributed by atoms with van der Waals surface area (Å²) >= 11 is 1.34. The van der Waals surface area contributed by atoms with Crippen molar-refractivity contribution in [3.8, 4) is 0 Å². The van der Waals surface area contributed by atoms with Crippen molar-refractivity contribution in [1.29, 1.82) is 0 Å². The molecular formula is C27H26O3S.